The van der Waals surface area contributed by atoms with Gasteiger partial charge in [0.15, 0.2) is 11.6 Å². The van der Waals surface area contributed by atoms with Gasteiger partial charge in [-0.15, -0.1) is 11.3 Å². The van der Waals surface area contributed by atoms with Crippen molar-refractivity contribution in [2.75, 3.05) is 41.0 Å². The van der Waals surface area contributed by atoms with Gasteiger partial charge in [-0.25, -0.2) is 8.78 Å². The molecule has 11 heteroatoms. The number of nitrogens with zero attached hydrogens (tertiary/aromatic N) is 1. The largest absolute Gasteiger partial charge is 0.391 e. The summed E-state index contributed by atoms with van der Waals surface area (Å²) in [5, 5.41) is 13.6. The van der Waals surface area contributed by atoms with Gasteiger partial charge >= 0.3 is 0 Å². The Morgan fingerprint density at radius 1 is 1.20 bits per heavy atom. The van der Waals surface area contributed by atoms with E-state index in [9.17, 15) is 23.0 Å². The SMILES string of the molecule is CP(=O)(O)C(C(=O)NC=Cc1ccc(F)c(F)c1)c1csc2ccc(Cl)cc12.C[N+](C)(C)CCO. The molecule has 2 unspecified atom stereocenters. The number of hydrogen-bond acceptors (Lipinski definition) is 4. The highest BCUT2D eigenvalue weighted by molar-refractivity contribution is 7.58. The lowest BCUT2D eigenvalue weighted by Crippen LogP contribution is -2.36. The molecule has 6 nitrogen and oxygen atoms in total. The number of carbonyl (C=O) groups excluding carboxylic acids is 1. The van der Waals surface area contributed by atoms with Crippen molar-refractivity contribution >= 4 is 52.4 Å². The third kappa shape index (κ3) is 8.79. The van der Waals surface area contributed by atoms with E-state index in [1.807, 2.05) is 0 Å². The van der Waals surface area contributed by atoms with Crippen LogP contribution < -0.4 is 5.32 Å². The van der Waals surface area contributed by atoms with Crippen molar-refractivity contribution in [3.63, 3.8) is 0 Å². The first-order valence-corrected chi connectivity index (χ1v) is 14.0. The molecule has 1 heterocycles. The molecule has 1 amide bonds. The van der Waals surface area contributed by atoms with Gasteiger partial charge in [-0.2, -0.15) is 0 Å². The van der Waals surface area contributed by atoms with Gasteiger partial charge in [-0.1, -0.05) is 17.7 Å². The molecule has 1 aromatic heterocycles. The summed E-state index contributed by atoms with van der Waals surface area (Å²) in [6.07, 6.45) is 2.58. The number of carbonyl (C=O) groups is 1. The molecule has 0 saturated carbocycles. The Labute approximate surface area is 212 Å². The summed E-state index contributed by atoms with van der Waals surface area (Å²) in [5.74, 6) is -2.68. The zero-order valence-corrected chi connectivity index (χ0v) is 22.3. The quantitative estimate of drug-likeness (QED) is 0.280. The van der Waals surface area contributed by atoms with E-state index in [0.717, 1.165) is 34.5 Å². The second kappa shape index (κ2) is 12.2. The molecule has 0 aliphatic rings. The highest BCUT2D eigenvalue weighted by Crippen LogP contribution is 2.54. The Hall–Kier alpha value is -2.13. The molecule has 190 valence electrons. The number of likely N-dealkylation sites (N-methyl/N-ethyl adjacent to an activating group) is 1. The van der Waals surface area contributed by atoms with Crippen LogP contribution in [0.25, 0.3) is 16.2 Å². The molecule has 0 bridgehead atoms. The molecular formula is C24H29ClF2N2O4PS+. The predicted octanol–water partition coefficient (Wildman–Crippen LogP) is 5.25. The summed E-state index contributed by atoms with van der Waals surface area (Å²) in [4.78, 5) is 22.9. The van der Waals surface area contributed by atoms with Crippen LogP contribution >= 0.6 is 30.3 Å². The number of rotatable bonds is 7. The van der Waals surface area contributed by atoms with Crippen LogP contribution in [0, 0.1) is 11.6 Å². The molecule has 0 aliphatic heterocycles. The first-order valence-electron chi connectivity index (χ1n) is 10.5. The zero-order valence-electron chi connectivity index (χ0n) is 19.8. The average molecular weight is 546 g/mol. The summed E-state index contributed by atoms with van der Waals surface area (Å²) in [7, 11) is 2.30. The van der Waals surface area contributed by atoms with Crippen LogP contribution in [-0.2, 0) is 9.36 Å². The Balaban J connectivity index is 0.000000540. The van der Waals surface area contributed by atoms with Gasteiger partial charge in [-0.3, -0.25) is 9.36 Å². The first-order chi connectivity index (χ1) is 16.2. The topological polar surface area (TPSA) is 86.6 Å². The second-order valence-corrected chi connectivity index (χ2v) is 12.7. The number of benzene rings is 2. The highest BCUT2D eigenvalue weighted by atomic mass is 35.5. The molecule has 2 atom stereocenters. The molecule has 0 aliphatic carbocycles. The molecule has 3 N–H and O–H groups in total. The molecular weight excluding hydrogens is 517 g/mol. The lowest BCUT2D eigenvalue weighted by atomic mass is 10.1. The third-order valence-electron chi connectivity index (χ3n) is 4.80. The maximum atomic E-state index is 13.2. The normalized spacial score (nSPS) is 14.3. The van der Waals surface area contributed by atoms with Gasteiger partial charge in [0.2, 0.25) is 13.3 Å². The Morgan fingerprint density at radius 3 is 2.43 bits per heavy atom. The predicted molar refractivity (Wildman–Crippen MR) is 139 cm³/mol. The number of hydrogen-bond donors (Lipinski definition) is 3. The van der Waals surface area contributed by atoms with Crippen LogP contribution in [0.15, 0.2) is 48.0 Å². The Kier molecular flexibility index (Phi) is 10.2. The van der Waals surface area contributed by atoms with Gasteiger partial charge in [0.05, 0.1) is 27.7 Å². The van der Waals surface area contributed by atoms with E-state index in [1.54, 1.807) is 23.6 Å². The molecule has 0 radical (unpaired) electrons. The highest BCUT2D eigenvalue weighted by Gasteiger charge is 2.36. The van der Waals surface area contributed by atoms with Crippen molar-refractivity contribution in [2.45, 2.75) is 5.66 Å². The number of aliphatic hydroxyl groups excluding tert-OH is 1. The fourth-order valence-corrected chi connectivity index (χ4v) is 5.54. The van der Waals surface area contributed by atoms with E-state index >= 15 is 0 Å². The number of nitrogens with one attached hydrogen (secondary N) is 1. The van der Waals surface area contributed by atoms with Gasteiger partial charge in [-0.05, 0) is 58.3 Å². The lowest BCUT2D eigenvalue weighted by molar-refractivity contribution is -0.870. The van der Waals surface area contributed by atoms with Crippen molar-refractivity contribution in [1.82, 2.24) is 5.32 Å². The van der Waals surface area contributed by atoms with Crippen LogP contribution in [0.2, 0.25) is 5.02 Å². The van der Waals surface area contributed by atoms with Crippen LogP contribution in [0.5, 0.6) is 0 Å². The minimum absolute atomic E-state index is 0.281. The van der Waals surface area contributed by atoms with E-state index in [2.05, 4.69) is 26.5 Å². The van der Waals surface area contributed by atoms with Gasteiger partial charge in [0.25, 0.3) is 0 Å². The number of thiophene rings is 1. The minimum Gasteiger partial charge on any atom is -0.391 e. The standard InChI is InChI=1S/C19H15ClF2NO3PS.C5H14NO/c1-27(25,26)18(14-10-28-17-5-3-12(20)9-13(14)17)19(24)23-7-6-11-2-4-15(21)16(22)8-11;1-6(2,3)4-5-7/h2-10,18H,1H3,(H,23,24)(H,25,26);7H,4-5H2,1-3H3/q;+1. The van der Waals surface area contributed by atoms with Crippen LogP contribution in [0.1, 0.15) is 16.8 Å². The van der Waals surface area contributed by atoms with Crippen molar-refractivity contribution in [3.05, 3.63) is 75.8 Å². The smallest absolute Gasteiger partial charge is 0.241 e. The van der Waals surface area contributed by atoms with Crippen molar-refractivity contribution < 1.29 is 32.6 Å². The summed E-state index contributed by atoms with van der Waals surface area (Å²) < 4.78 is 40.3. The fourth-order valence-electron chi connectivity index (χ4n) is 3.06. The molecule has 3 aromatic rings. The van der Waals surface area contributed by atoms with E-state index in [4.69, 9.17) is 16.7 Å². The van der Waals surface area contributed by atoms with E-state index in [-0.39, 0.29) is 6.61 Å². The number of quaternary nitrogens is 1. The van der Waals surface area contributed by atoms with Gasteiger partial charge in [0.1, 0.15) is 12.2 Å². The van der Waals surface area contributed by atoms with Crippen LogP contribution in [-0.4, -0.2) is 61.3 Å². The Morgan fingerprint density at radius 2 is 1.89 bits per heavy atom. The average Bonchev–Trinajstić information content (AvgIpc) is 3.12. The molecule has 0 saturated heterocycles. The number of halogens is 3. The van der Waals surface area contributed by atoms with E-state index in [1.165, 1.54) is 29.7 Å². The molecule has 2 aromatic carbocycles. The monoisotopic (exact) mass is 545 g/mol. The maximum Gasteiger partial charge on any atom is 0.241 e. The van der Waals surface area contributed by atoms with E-state index < -0.39 is 30.6 Å². The molecule has 0 spiro atoms. The van der Waals surface area contributed by atoms with Crippen molar-refractivity contribution in [2.24, 2.45) is 0 Å². The van der Waals surface area contributed by atoms with Gasteiger partial charge in [0, 0.05) is 22.6 Å². The number of fused-ring (bicyclic) bond motifs is 1. The second-order valence-electron chi connectivity index (χ2n) is 8.93. The molecule has 0 fully saturated rings. The van der Waals surface area contributed by atoms with Crippen molar-refractivity contribution in [1.29, 1.82) is 0 Å². The fraction of sp³-hybridized carbons (Fsp3) is 0.292. The summed E-state index contributed by atoms with van der Waals surface area (Å²) in [6, 6.07) is 8.41. The summed E-state index contributed by atoms with van der Waals surface area (Å²) in [5.41, 5.74) is -0.559. The maximum absolute atomic E-state index is 13.2. The summed E-state index contributed by atoms with van der Waals surface area (Å²) >= 11 is 7.37. The third-order valence-corrected chi connectivity index (χ3v) is 7.49. The molecule has 35 heavy (non-hydrogen) atoms. The van der Waals surface area contributed by atoms with E-state index in [0.29, 0.717) is 21.5 Å². The van der Waals surface area contributed by atoms with Crippen LogP contribution in [0.3, 0.4) is 0 Å². The minimum atomic E-state index is -3.86. The summed E-state index contributed by atoms with van der Waals surface area (Å²) in [6.45, 7) is 2.23. The van der Waals surface area contributed by atoms with Crippen molar-refractivity contribution in [3.8, 4) is 0 Å². The van der Waals surface area contributed by atoms with Crippen LogP contribution in [0.4, 0.5) is 8.78 Å². The number of amides is 1. The first kappa shape index (κ1) is 29.1. The lowest BCUT2D eigenvalue weighted by Gasteiger charge is -2.21. The molecule has 3 rings (SSSR count). The Bertz CT molecular complexity index is 1250. The van der Waals surface area contributed by atoms with Gasteiger partial charge < -0.3 is 19.8 Å². The number of aliphatic hydroxyl groups is 1. The zero-order chi connectivity index (χ0) is 26.4.